The lowest BCUT2D eigenvalue weighted by Gasteiger charge is -2.37. The van der Waals surface area contributed by atoms with Crippen molar-refractivity contribution in [3.8, 4) is 5.75 Å². The van der Waals surface area contributed by atoms with Crippen molar-refractivity contribution in [2.24, 2.45) is 0 Å². The molecular weight excluding hydrogens is 418 g/mol. The highest BCUT2D eigenvalue weighted by molar-refractivity contribution is 7.99. The molecule has 3 amide bonds. The summed E-state index contributed by atoms with van der Waals surface area (Å²) in [6, 6.07) is 5.98. The van der Waals surface area contributed by atoms with Crippen LogP contribution in [0.1, 0.15) is 38.5 Å². The summed E-state index contributed by atoms with van der Waals surface area (Å²) < 4.78 is 5.16. The molecule has 2 heterocycles. The molecule has 31 heavy (non-hydrogen) atoms. The number of carbonyl (C=O) groups excluding carboxylic acids is 3. The van der Waals surface area contributed by atoms with Crippen molar-refractivity contribution in [3.63, 3.8) is 0 Å². The molecule has 1 N–H and O–H groups in total. The Morgan fingerprint density at radius 3 is 2.61 bits per heavy atom. The maximum absolute atomic E-state index is 13.3. The van der Waals surface area contributed by atoms with Crippen LogP contribution in [0.15, 0.2) is 35.7 Å². The zero-order valence-electron chi connectivity index (χ0n) is 17.3. The zero-order chi connectivity index (χ0) is 21.8. The number of hydrogen-bond donors (Lipinski definition) is 1. The quantitative estimate of drug-likeness (QED) is 0.517. The van der Waals surface area contributed by atoms with Crippen LogP contribution in [0.3, 0.4) is 0 Å². The number of benzene rings is 1. The molecule has 1 saturated carbocycles. The molecule has 1 atom stereocenters. The molecule has 1 aromatic carbocycles. The number of anilines is 1. The van der Waals surface area contributed by atoms with E-state index in [0.717, 1.165) is 32.1 Å². The van der Waals surface area contributed by atoms with E-state index in [2.05, 4.69) is 15.2 Å². The molecule has 4 rings (SSSR count). The summed E-state index contributed by atoms with van der Waals surface area (Å²) in [5.74, 6) is -0.0269. The molecular formula is C21H25N5O4S. The topological polar surface area (TPSA) is 108 Å². The van der Waals surface area contributed by atoms with Crippen LogP contribution in [0.4, 0.5) is 5.69 Å². The van der Waals surface area contributed by atoms with E-state index >= 15 is 0 Å². The summed E-state index contributed by atoms with van der Waals surface area (Å²) in [7, 11) is 1.56. The van der Waals surface area contributed by atoms with Gasteiger partial charge in [0.15, 0.2) is 5.16 Å². The zero-order valence-corrected chi connectivity index (χ0v) is 18.1. The van der Waals surface area contributed by atoms with E-state index in [-0.39, 0.29) is 35.9 Å². The third-order valence-electron chi connectivity index (χ3n) is 5.77. The van der Waals surface area contributed by atoms with Gasteiger partial charge in [-0.15, -0.1) is 0 Å². The molecule has 0 radical (unpaired) electrons. The Kier molecular flexibility index (Phi) is 6.55. The van der Waals surface area contributed by atoms with Crippen molar-refractivity contribution in [2.45, 2.75) is 55.8 Å². The molecule has 1 unspecified atom stereocenters. The molecule has 0 spiro atoms. The highest BCUT2D eigenvalue weighted by atomic mass is 32.2. The number of imide groups is 1. The van der Waals surface area contributed by atoms with Crippen molar-refractivity contribution in [1.29, 1.82) is 0 Å². The number of aromatic amines is 1. The number of aromatic nitrogens is 3. The standard InChI is InChI=1S/C21H25N5O4S/c1-30-16-9-7-15(8-10-16)26-18(27)11-17(20(26)29)25(14-5-3-2-4-6-14)19(28)12-31-21-22-13-23-24-21/h7-10,13-14,17H,2-6,11-12H2,1H3,(H,22,23,24). The Bertz CT molecular complexity index is 928. The number of thioether (sulfide) groups is 1. The van der Waals surface area contributed by atoms with Gasteiger partial charge in [-0.3, -0.25) is 19.5 Å². The Hall–Kier alpha value is -2.88. The molecule has 9 nitrogen and oxygen atoms in total. The first-order chi connectivity index (χ1) is 15.1. The lowest BCUT2D eigenvalue weighted by atomic mass is 9.92. The molecule has 10 heteroatoms. The smallest absolute Gasteiger partial charge is 0.257 e. The average molecular weight is 444 g/mol. The summed E-state index contributed by atoms with van der Waals surface area (Å²) in [5, 5.41) is 7.07. The minimum absolute atomic E-state index is 0.0000761. The number of hydrogen-bond acceptors (Lipinski definition) is 7. The minimum Gasteiger partial charge on any atom is -0.497 e. The SMILES string of the molecule is COc1ccc(N2C(=O)CC(N(C(=O)CSc3ncn[nH]3)C3CCCCC3)C2=O)cc1. The van der Waals surface area contributed by atoms with Gasteiger partial charge in [-0.05, 0) is 37.1 Å². The fraction of sp³-hybridized carbons (Fsp3) is 0.476. The summed E-state index contributed by atoms with van der Waals surface area (Å²) in [5.41, 5.74) is 0.491. The second-order valence-electron chi connectivity index (χ2n) is 7.66. The Morgan fingerprint density at radius 2 is 1.97 bits per heavy atom. The number of carbonyl (C=O) groups is 3. The van der Waals surface area contributed by atoms with Gasteiger partial charge >= 0.3 is 0 Å². The van der Waals surface area contributed by atoms with Crippen LogP contribution in [0, 0.1) is 0 Å². The fourth-order valence-corrected chi connectivity index (χ4v) is 4.94. The van der Waals surface area contributed by atoms with Gasteiger partial charge in [0, 0.05) is 6.04 Å². The van der Waals surface area contributed by atoms with E-state index in [1.54, 1.807) is 36.3 Å². The third-order valence-corrected chi connectivity index (χ3v) is 6.63. The van der Waals surface area contributed by atoms with Gasteiger partial charge in [-0.1, -0.05) is 31.0 Å². The Morgan fingerprint density at radius 1 is 1.23 bits per heavy atom. The van der Waals surface area contributed by atoms with E-state index in [1.807, 2.05) is 0 Å². The lowest BCUT2D eigenvalue weighted by Crippen LogP contribution is -2.52. The van der Waals surface area contributed by atoms with E-state index in [0.29, 0.717) is 16.6 Å². The maximum atomic E-state index is 13.3. The number of amides is 3. The van der Waals surface area contributed by atoms with Crippen molar-refractivity contribution >= 4 is 35.2 Å². The van der Waals surface area contributed by atoms with E-state index in [9.17, 15) is 14.4 Å². The van der Waals surface area contributed by atoms with Gasteiger partial charge in [-0.2, -0.15) is 5.10 Å². The third kappa shape index (κ3) is 4.58. The van der Waals surface area contributed by atoms with Crippen LogP contribution in [0.2, 0.25) is 0 Å². The van der Waals surface area contributed by atoms with Crippen LogP contribution < -0.4 is 9.64 Å². The summed E-state index contributed by atoms with van der Waals surface area (Å²) in [4.78, 5) is 46.3. The minimum atomic E-state index is -0.777. The van der Waals surface area contributed by atoms with E-state index < -0.39 is 6.04 Å². The Labute approximate surface area is 184 Å². The Balaban J connectivity index is 1.55. The number of methoxy groups -OCH3 is 1. The van der Waals surface area contributed by atoms with Crippen LogP contribution in [-0.4, -0.2) is 62.7 Å². The summed E-state index contributed by atoms with van der Waals surface area (Å²) in [6.07, 6.45) is 6.23. The molecule has 0 bridgehead atoms. The normalized spacial score (nSPS) is 19.6. The molecule has 2 fully saturated rings. The largest absolute Gasteiger partial charge is 0.497 e. The first-order valence-corrected chi connectivity index (χ1v) is 11.4. The summed E-state index contributed by atoms with van der Waals surface area (Å²) >= 11 is 1.25. The van der Waals surface area contributed by atoms with Gasteiger partial charge in [0.05, 0.1) is 25.0 Å². The van der Waals surface area contributed by atoms with E-state index in [4.69, 9.17) is 4.74 Å². The highest BCUT2D eigenvalue weighted by Crippen LogP contribution is 2.32. The number of nitrogens with one attached hydrogen (secondary N) is 1. The molecule has 2 aliphatic rings. The van der Waals surface area contributed by atoms with Crippen molar-refractivity contribution < 1.29 is 19.1 Å². The van der Waals surface area contributed by atoms with Crippen LogP contribution in [0.5, 0.6) is 5.75 Å². The van der Waals surface area contributed by atoms with Gasteiger partial charge in [0.25, 0.3) is 5.91 Å². The molecule has 1 aromatic heterocycles. The van der Waals surface area contributed by atoms with Crippen molar-refractivity contribution in [3.05, 3.63) is 30.6 Å². The van der Waals surface area contributed by atoms with Crippen molar-refractivity contribution in [1.82, 2.24) is 20.1 Å². The fourth-order valence-electron chi connectivity index (χ4n) is 4.30. The lowest BCUT2D eigenvalue weighted by molar-refractivity contribution is -0.139. The summed E-state index contributed by atoms with van der Waals surface area (Å²) in [6.45, 7) is 0. The predicted octanol–water partition coefficient (Wildman–Crippen LogP) is 2.40. The molecule has 1 aliphatic carbocycles. The molecule has 1 saturated heterocycles. The first kappa shape index (κ1) is 21.4. The van der Waals surface area contributed by atoms with Gasteiger partial charge in [0.1, 0.15) is 18.1 Å². The first-order valence-electron chi connectivity index (χ1n) is 10.4. The van der Waals surface area contributed by atoms with E-state index in [1.165, 1.54) is 23.0 Å². The number of H-pyrrole nitrogens is 1. The molecule has 164 valence electrons. The monoisotopic (exact) mass is 443 g/mol. The van der Waals surface area contributed by atoms with Gasteiger partial charge < -0.3 is 9.64 Å². The van der Waals surface area contributed by atoms with Gasteiger partial charge in [-0.25, -0.2) is 9.88 Å². The second-order valence-corrected chi connectivity index (χ2v) is 8.62. The van der Waals surface area contributed by atoms with Gasteiger partial charge in [0.2, 0.25) is 11.8 Å². The average Bonchev–Trinajstić information content (AvgIpc) is 3.41. The second kappa shape index (κ2) is 9.51. The number of nitrogens with zero attached hydrogens (tertiary/aromatic N) is 4. The highest BCUT2D eigenvalue weighted by Gasteiger charge is 2.46. The number of rotatable bonds is 7. The molecule has 1 aliphatic heterocycles. The number of ether oxygens (including phenoxy) is 1. The predicted molar refractivity (Wildman–Crippen MR) is 115 cm³/mol. The van der Waals surface area contributed by atoms with Crippen molar-refractivity contribution in [2.75, 3.05) is 17.8 Å². The van der Waals surface area contributed by atoms with Crippen LogP contribution in [0.25, 0.3) is 0 Å². The van der Waals surface area contributed by atoms with Crippen LogP contribution in [-0.2, 0) is 14.4 Å². The van der Waals surface area contributed by atoms with Crippen LogP contribution >= 0.6 is 11.8 Å². The molecule has 2 aromatic rings. The maximum Gasteiger partial charge on any atom is 0.257 e.